The number of alkyl halides is 3. The number of nitrogens with zero attached hydrogens (tertiary/aromatic N) is 2. The van der Waals surface area contributed by atoms with Crippen molar-refractivity contribution in [1.29, 1.82) is 0 Å². The summed E-state index contributed by atoms with van der Waals surface area (Å²) in [7, 11) is 0. The first-order chi connectivity index (χ1) is 13.0. The molecular formula is C21H22F3N3O. The summed E-state index contributed by atoms with van der Waals surface area (Å²) in [4.78, 5) is 17.4. The number of hydrogen-bond donors (Lipinski definition) is 1. The van der Waals surface area contributed by atoms with Gasteiger partial charge in [-0.2, -0.15) is 13.2 Å². The molecule has 0 spiro atoms. The van der Waals surface area contributed by atoms with Crippen LogP contribution < -0.4 is 10.2 Å². The zero-order chi connectivity index (χ0) is 20.8. The second-order valence-corrected chi connectivity index (χ2v) is 7.21. The Balaban J connectivity index is 2.16. The molecule has 148 valence electrons. The number of halogens is 3. The van der Waals surface area contributed by atoms with E-state index in [4.69, 9.17) is 0 Å². The molecule has 0 aliphatic carbocycles. The molecule has 1 amide bonds. The average Bonchev–Trinajstić information content (AvgIpc) is 3.11. The Kier molecular flexibility index (Phi) is 4.95. The minimum Gasteiger partial charge on any atom is -0.325 e. The number of aliphatic imine (C=N–C) groups is 1. The molecule has 2 aliphatic heterocycles. The Labute approximate surface area is 162 Å². The highest BCUT2D eigenvalue weighted by Gasteiger charge is 2.36. The zero-order valence-electron chi connectivity index (χ0n) is 16.2. The minimum absolute atomic E-state index is 0.0395. The van der Waals surface area contributed by atoms with E-state index in [0.29, 0.717) is 11.3 Å². The summed E-state index contributed by atoms with van der Waals surface area (Å²) < 4.78 is 39.9. The first kappa shape index (κ1) is 19.9. The molecule has 0 atom stereocenters. The first-order valence-corrected chi connectivity index (χ1v) is 8.99. The Morgan fingerprint density at radius 2 is 2.04 bits per heavy atom. The number of anilines is 2. The van der Waals surface area contributed by atoms with E-state index in [2.05, 4.69) is 16.9 Å². The Morgan fingerprint density at radius 1 is 1.36 bits per heavy atom. The SMILES string of the molecule is C=C1C=C(C(C)C)N(c2cc(C)c3c(c2)CC(=O)N3)C1=N/C(=C\C)C(F)(F)F. The van der Waals surface area contributed by atoms with E-state index in [9.17, 15) is 18.0 Å². The van der Waals surface area contributed by atoms with Gasteiger partial charge in [0, 0.05) is 22.6 Å². The third-order valence-corrected chi connectivity index (χ3v) is 4.74. The molecule has 0 saturated carbocycles. The summed E-state index contributed by atoms with van der Waals surface area (Å²) in [5.74, 6) is 0.0892. The number of carbonyl (C=O) groups excluding carboxylic acids is 1. The van der Waals surface area contributed by atoms with Crippen molar-refractivity contribution in [2.24, 2.45) is 10.9 Å². The largest absolute Gasteiger partial charge is 0.433 e. The highest BCUT2D eigenvalue weighted by atomic mass is 19.4. The first-order valence-electron chi connectivity index (χ1n) is 8.99. The average molecular weight is 389 g/mol. The zero-order valence-corrected chi connectivity index (χ0v) is 16.2. The van der Waals surface area contributed by atoms with Crippen molar-refractivity contribution in [1.82, 2.24) is 0 Å². The van der Waals surface area contributed by atoms with Gasteiger partial charge in [-0.05, 0) is 49.1 Å². The molecule has 0 unspecified atom stereocenters. The number of fused-ring (bicyclic) bond motifs is 1. The topological polar surface area (TPSA) is 44.7 Å². The molecule has 1 N–H and O–H groups in total. The van der Waals surface area contributed by atoms with Crippen LogP contribution in [0.1, 0.15) is 31.9 Å². The molecular weight excluding hydrogens is 367 g/mol. The van der Waals surface area contributed by atoms with Gasteiger partial charge >= 0.3 is 6.18 Å². The summed E-state index contributed by atoms with van der Waals surface area (Å²) in [5, 5.41) is 2.82. The molecule has 7 heteroatoms. The van der Waals surface area contributed by atoms with Crippen molar-refractivity contribution < 1.29 is 18.0 Å². The van der Waals surface area contributed by atoms with Gasteiger partial charge in [-0.3, -0.25) is 9.69 Å². The van der Waals surface area contributed by atoms with Crippen LogP contribution in [0.2, 0.25) is 0 Å². The van der Waals surface area contributed by atoms with Crippen LogP contribution in [0.3, 0.4) is 0 Å². The van der Waals surface area contributed by atoms with Gasteiger partial charge in [0.25, 0.3) is 0 Å². The summed E-state index contributed by atoms with van der Waals surface area (Å²) in [6.45, 7) is 11.0. The number of hydrogen-bond acceptors (Lipinski definition) is 2. The van der Waals surface area contributed by atoms with E-state index in [0.717, 1.165) is 28.6 Å². The maximum Gasteiger partial charge on any atom is 0.433 e. The van der Waals surface area contributed by atoms with Gasteiger partial charge in [0.05, 0.1) is 6.42 Å². The maximum atomic E-state index is 13.3. The van der Waals surface area contributed by atoms with Crippen molar-refractivity contribution in [3.63, 3.8) is 0 Å². The van der Waals surface area contributed by atoms with Crippen LogP contribution in [0.25, 0.3) is 0 Å². The third-order valence-electron chi connectivity index (χ3n) is 4.74. The lowest BCUT2D eigenvalue weighted by atomic mass is 10.0. The van der Waals surface area contributed by atoms with Gasteiger partial charge < -0.3 is 5.32 Å². The molecule has 0 bridgehead atoms. The molecule has 0 radical (unpaired) electrons. The van der Waals surface area contributed by atoms with Crippen LogP contribution in [0.4, 0.5) is 24.5 Å². The predicted molar refractivity (Wildman–Crippen MR) is 105 cm³/mol. The van der Waals surface area contributed by atoms with Crippen molar-refractivity contribution in [3.05, 3.63) is 59.0 Å². The quantitative estimate of drug-likeness (QED) is 0.765. The number of aryl methyl sites for hydroxylation is 1. The van der Waals surface area contributed by atoms with Crippen molar-refractivity contribution in [2.45, 2.75) is 40.3 Å². The second kappa shape index (κ2) is 6.96. The predicted octanol–water partition coefficient (Wildman–Crippen LogP) is 5.27. The van der Waals surface area contributed by atoms with Crippen LogP contribution >= 0.6 is 0 Å². The van der Waals surface area contributed by atoms with Crippen LogP contribution in [0, 0.1) is 12.8 Å². The monoisotopic (exact) mass is 389 g/mol. The fraction of sp³-hybridized carbons (Fsp3) is 0.333. The Morgan fingerprint density at radius 3 is 2.61 bits per heavy atom. The third kappa shape index (κ3) is 3.48. The number of rotatable bonds is 3. The molecule has 0 saturated heterocycles. The molecule has 0 aromatic heterocycles. The summed E-state index contributed by atoms with van der Waals surface area (Å²) in [6, 6.07) is 3.67. The fourth-order valence-corrected chi connectivity index (χ4v) is 3.44. The molecule has 28 heavy (non-hydrogen) atoms. The Hall–Kier alpha value is -2.83. The molecule has 3 rings (SSSR count). The molecule has 0 fully saturated rings. The van der Waals surface area contributed by atoms with Crippen LogP contribution in [0.15, 0.2) is 52.8 Å². The lowest BCUT2D eigenvalue weighted by Crippen LogP contribution is -2.29. The highest BCUT2D eigenvalue weighted by molar-refractivity contribution is 6.17. The van der Waals surface area contributed by atoms with E-state index < -0.39 is 11.9 Å². The highest BCUT2D eigenvalue weighted by Crippen LogP contribution is 2.39. The van der Waals surface area contributed by atoms with Gasteiger partial charge in [-0.1, -0.05) is 26.5 Å². The fourth-order valence-electron chi connectivity index (χ4n) is 3.44. The standard InChI is InChI=1S/C21H22F3N3O/c1-6-17(21(22,23)24)25-20-13(5)8-16(11(2)3)27(20)15-7-12(4)19-14(9-15)10-18(28)26-19/h6-9,11H,5,10H2,1-4H3,(H,26,28)/b17-6-,25-20?. The van der Waals surface area contributed by atoms with E-state index in [1.165, 1.54) is 6.92 Å². The van der Waals surface area contributed by atoms with E-state index in [-0.39, 0.29) is 24.1 Å². The van der Waals surface area contributed by atoms with Gasteiger partial charge in [-0.25, -0.2) is 4.99 Å². The van der Waals surface area contributed by atoms with Gasteiger partial charge in [0.2, 0.25) is 5.91 Å². The molecule has 1 aromatic carbocycles. The lowest BCUT2D eigenvalue weighted by molar-refractivity contribution is -0.115. The van der Waals surface area contributed by atoms with Gasteiger partial charge in [-0.15, -0.1) is 0 Å². The molecule has 2 aliphatic rings. The van der Waals surface area contributed by atoms with Crippen LogP contribution in [-0.2, 0) is 11.2 Å². The minimum atomic E-state index is -4.56. The van der Waals surface area contributed by atoms with E-state index in [1.54, 1.807) is 11.0 Å². The summed E-state index contributed by atoms with van der Waals surface area (Å²) in [6.07, 6.45) is -1.60. The number of amides is 1. The second-order valence-electron chi connectivity index (χ2n) is 7.21. The van der Waals surface area contributed by atoms with Crippen LogP contribution in [0.5, 0.6) is 0 Å². The maximum absolute atomic E-state index is 13.3. The van der Waals surface area contributed by atoms with E-state index in [1.807, 2.05) is 32.9 Å². The summed E-state index contributed by atoms with van der Waals surface area (Å²) >= 11 is 0. The smallest absolute Gasteiger partial charge is 0.325 e. The van der Waals surface area contributed by atoms with Crippen molar-refractivity contribution in [3.8, 4) is 0 Å². The van der Waals surface area contributed by atoms with Crippen LogP contribution in [-0.4, -0.2) is 17.9 Å². The molecule has 4 nitrogen and oxygen atoms in total. The molecule has 2 heterocycles. The number of benzene rings is 1. The number of amidine groups is 1. The van der Waals surface area contributed by atoms with E-state index >= 15 is 0 Å². The number of nitrogens with one attached hydrogen (secondary N) is 1. The Bertz CT molecular complexity index is 952. The van der Waals surface area contributed by atoms with Crippen molar-refractivity contribution in [2.75, 3.05) is 10.2 Å². The normalized spacial score (nSPS) is 18.9. The number of carbonyl (C=O) groups is 1. The van der Waals surface area contributed by atoms with Gasteiger partial charge in [0.15, 0.2) is 0 Å². The summed E-state index contributed by atoms with van der Waals surface area (Å²) in [5.41, 5.74) is 3.36. The molecule has 1 aromatic rings. The lowest BCUT2D eigenvalue weighted by Gasteiger charge is -2.27. The van der Waals surface area contributed by atoms with Crippen molar-refractivity contribution >= 4 is 23.1 Å². The van der Waals surface area contributed by atoms with Gasteiger partial charge in [0.1, 0.15) is 11.5 Å². The number of allylic oxidation sites excluding steroid dienone is 3.